The molecule has 0 aliphatic carbocycles. The van der Waals surface area contributed by atoms with Crippen LogP contribution in [0.4, 0.5) is 5.69 Å². The van der Waals surface area contributed by atoms with Crippen LogP contribution in [0.5, 0.6) is 0 Å². The minimum absolute atomic E-state index is 0.322. The number of ether oxygens (including phenoxy) is 1. The summed E-state index contributed by atoms with van der Waals surface area (Å²) in [5.41, 5.74) is 1.34. The second-order valence-corrected chi connectivity index (χ2v) is 2.91. The van der Waals surface area contributed by atoms with E-state index in [9.17, 15) is 4.79 Å². The molecule has 0 saturated heterocycles. The molecule has 0 spiro atoms. The normalized spacial score (nSPS) is 8.31. The molecule has 16 heavy (non-hydrogen) atoms. The molecule has 0 bridgehead atoms. The average Bonchev–Trinajstić information content (AvgIpc) is 2.28. The Balaban J connectivity index is 2.84. The first-order chi connectivity index (χ1) is 7.76. The van der Waals surface area contributed by atoms with Gasteiger partial charge in [0.15, 0.2) is 0 Å². The summed E-state index contributed by atoms with van der Waals surface area (Å²) in [5, 5.41) is 2.26. The molecule has 0 saturated carbocycles. The zero-order valence-electron chi connectivity index (χ0n) is 8.69. The molecule has 0 fully saturated rings. The number of nitrogens with zero attached hydrogens (tertiary/aromatic N) is 1. The number of rotatable bonds is 2. The third-order valence-corrected chi connectivity index (χ3v) is 1.70. The molecule has 0 heterocycles. The van der Waals surface area contributed by atoms with Crippen molar-refractivity contribution in [3.8, 4) is 11.8 Å². The lowest BCUT2D eigenvalue weighted by molar-refractivity contribution is -0.136. The maximum Gasteiger partial charge on any atom is 0.384 e. The SMILES string of the molecule is CCOC(=O)C#Cc1cccc(N=C=S)c1. The third kappa shape index (κ3) is 4.05. The van der Waals surface area contributed by atoms with Crippen LogP contribution in [0.1, 0.15) is 12.5 Å². The number of hydrogen-bond acceptors (Lipinski definition) is 4. The quantitative estimate of drug-likeness (QED) is 0.339. The molecular weight excluding hydrogens is 222 g/mol. The van der Waals surface area contributed by atoms with Gasteiger partial charge in [-0.2, -0.15) is 4.99 Å². The Morgan fingerprint density at radius 3 is 3.06 bits per heavy atom. The van der Waals surface area contributed by atoms with Crippen molar-refractivity contribution in [1.29, 1.82) is 0 Å². The van der Waals surface area contributed by atoms with E-state index >= 15 is 0 Å². The van der Waals surface area contributed by atoms with Gasteiger partial charge in [0.25, 0.3) is 0 Å². The summed E-state index contributed by atoms with van der Waals surface area (Å²) in [6, 6.07) is 7.04. The number of thiocarbonyl (C=S) groups is 1. The van der Waals surface area contributed by atoms with Crippen LogP contribution < -0.4 is 0 Å². The van der Waals surface area contributed by atoms with Gasteiger partial charge < -0.3 is 4.74 Å². The molecule has 3 nitrogen and oxygen atoms in total. The van der Waals surface area contributed by atoms with Gasteiger partial charge in [-0.15, -0.1) is 0 Å². The first kappa shape index (κ1) is 12.1. The minimum Gasteiger partial charge on any atom is -0.456 e. The summed E-state index contributed by atoms with van der Waals surface area (Å²) in [7, 11) is 0. The maximum absolute atomic E-state index is 11.0. The molecule has 80 valence electrons. The van der Waals surface area contributed by atoms with Gasteiger partial charge in [0, 0.05) is 11.5 Å². The highest BCUT2D eigenvalue weighted by Crippen LogP contribution is 2.12. The molecule has 0 aliphatic heterocycles. The Morgan fingerprint density at radius 1 is 1.56 bits per heavy atom. The van der Waals surface area contributed by atoms with Crippen LogP contribution in [-0.4, -0.2) is 17.7 Å². The molecular formula is C12H9NO2S. The van der Waals surface area contributed by atoms with Gasteiger partial charge in [-0.3, -0.25) is 0 Å². The smallest absolute Gasteiger partial charge is 0.384 e. The number of isothiocyanates is 1. The van der Waals surface area contributed by atoms with E-state index in [0.29, 0.717) is 17.9 Å². The van der Waals surface area contributed by atoms with Crippen molar-refractivity contribution >= 4 is 29.0 Å². The summed E-state index contributed by atoms with van der Waals surface area (Å²) in [6.45, 7) is 2.05. The molecule has 0 N–H and O–H groups in total. The van der Waals surface area contributed by atoms with Crippen LogP contribution in [0.2, 0.25) is 0 Å². The lowest BCUT2D eigenvalue weighted by Gasteiger charge is -1.93. The van der Waals surface area contributed by atoms with E-state index < -0.39 is 5.97 Å². The number of aliphatic imine (C=N–C) groups is 1. The van der Waals surface area contributed by atoms with E-state index in [1.54, 1.807) is 31.2 Å². The number of hydrogen-bond donors (Lipinski definition) is 0. The Labute approximate surface area is 99.1 Å². The van der Waals surface area contributed by atoms with E-state index in [-0.39, 0.29) is 0 Å². The predicted molar refractivity (Wildman–Crippen MR) is 64.6 cm³/mol. The number of carbonyl (C=O) groups is 1. The Kier molecular flexibility index (Phi) is 4.94. The monoisotopic (exact) mass is 231 g/mol. The minimum atomic E-state index is -0.536. The van der Waals surface area contributed by atoms with Crippen LogP contribution in [0.15, 0.2) is 29.3 Å². The van der Waals surface area contributed by atoms with Gasteiger partial charge in [0.1, 0.15) is 0 Å². The summed E-state index contributed by atoms with van der Waals surface area (Å²) in [4.78, 5) is 14.8. The summed E-state index contributed by atoms with van der Waals surface area (Å²) < 4.78 is 4.68. The zero-order chi connectivity index (χ0) is 11.8. The van der Waals surface area contributed by atoms with Crippen molar-refractivity contribution in [1.82, 2.24) is 0 Å². The highest BCUT2D eigenvalue weighted by Gasteiger charge is 1.94. The molecule has 1 rings (SSSR count). The summed E-state index contributed by atoms with van der Waals surface area (Å²) >= 11 is 4.49. The topological polar surface area (TPSA) is 38.7 Å². The predicted octanol–water partition coefficient (Wildman–Crippen LogP) is 2.34. The van der Waals surface area contributed by atoms with E-state index in [4.69, 9.17) is 0 Å². The van der Waals surface area contributed by atoms with E-state index in [1.165, 1.54) is 0 Å². The fraction of sp³-hybridized carbons (Fsp3) is 0.167. The second-order valence-electron chi connectivity index (χ2n) is 2.72. The Bertz CT molecular complexity index is 493. The molecule has 1 aromatic rings. The van der Waals surface area contributed by atoms with E-state index in [0.717, 1.165) is 0 Å². The maximum atomic E-state index is 11.0. The van der Waals surface area contributed by atoms with Crippen LogP contribution in [0.25, 0.3) is 0 Å². The average molecular weight is 231 g/mol. The van der Waals surface area contributed by atoms with E-state index in [1.807, 2.05) is 0 Å². The summed E-state index contributed by atoms with van der Waals surface area (Å²) in [6.07, 6.45) is 0. The van der Waals surface area contributed by atoms with Crippen LogP contribution in [0, 0.1) is 11.8 Å². The fourth-order valence-corrected chi connectivity index (χ4v) is 1.10. The molecule has 0 unspecified atom stereocenters. The number of benzene rings is 1. The van der Waals surface area contributed by atoms with Crippen LogP contribution in [-0.2, 0) is 9.53 Å². The molecule has 0 radical (unpaired) electrons. The van der Waals surface area contributed by atoms with Crippen molar-refractivity contribution in [2.24, 2.45) is 4.99 Å². The molecule has 0 amide bonds. The lowest BCUT2D eigenvalue weighted by atomic mass is 10.2. The standard InChI is InChI=1S/C12H9NO2S/c1-2-15-12(14)7-6-10-4-3-5-11(8-10)13-9-16/h3-5,8H,2H2,1H3. The number of carbonyl (C=O) groups excluding carboxylic acids is 1. The van der Waals surface area contributed by atoms with E-state index in [2.05, 4.69) is 38.9 Å². The van der Waals surface area contributed by atoms with Gasteiger partial charge in [0.05, 0.1) is 17.5 Å². The second kappa shape index (κ2) is 6.52. The van der Waals surface area contributed by atoms with Crippen LogP contribution >= 0.6 is 12.2 Å². The molecule has 0 aromatic heterocycles. The molecule has 0 atom stereocenters. The fourth-order valence-electron chi connectivity index (χ4n) is 0.996. The van der Waals surface area contributed by atoms with Crippen molar-refractivity contribution in [3.63, 3.8) is 0 Å². The van der Waals surface area contributed by atoms with Crippen molar-refractivity contribution in [2.45, 2.75) is 6.92 Å². The van der Waals surface area contributed by atoms with Gasteiger partial charge in [-0.25, -0.2) is 4.79 Å². The first-order valence-corrected chi connectivity index (χ1v) is 5.03. The lowest BCUT2D eigenvalue weighted by Crippen LogP contribution is -1.99. The summed E-state index contributed by atoms with van der Waals surface area (Å²) in [5.74, 6) is 4.52. The largest absolute Gasteiger partial charge is 0.456 e. The van der Waals surface area contributed by atoms with Gasteiger partial charge in [-0.1, -0.05) is 12.0 Å². The third-order valence-electron chi connectivity index (χ3n) is 1.61. The first-order valence-electron chi connectivity index (χ1n) is 4.63. The number of esters is 1. The molecule has 4 heteroatoms. The Morgan fingerprint density at radius 2 is 2.38 bits per heavy atom. The van der Waals surface area contributed by atoms with Crippen molar-refractivity contribution in [3.05, 3.63) is 29.8 Å². The van der Waals surface area contributed by atoms with Gasteiger partial charge in [0.2, 0.25) is 0 Å². The van der Waals surface area contributed by atoms with Crippen molar-refractivity contribution < 1.29 is 9.53 Å². The van der Waals surface area contributed by atoms with Gasteiger partial charge >= 0.3 is 5.97 Å². The highest BCUT2D eigenvalue weighted by molar-refractivity contribution is 7.78. The van der Waals surface area contributed by atoms with Gasteiger partial charge in [-0.05, 0) is 37.3 Å². The highest BCUT2D eigenvalue weighted by atomic mass is 32.1. The van der Waals surface area contributed by atoms with Crippen molar-refractivity contribution in [2.75, 3.05) is 6.61 Å². The Hall–Kier alpha value is -1.95. The molecule has 0 aliphatic rings. The van der Waals surface area contributed by atoms with Crippen LogP contribution in [0.3, 0.4) is 0 Å². The zero-order valence-corrected chi connectivity index (χ0v) is 9.50. The molecule has 1 aromatic carbocycles.